The number of aromatic nitrogens is 4. The van der Waals surface area contributed by atoms with Gasteiger partial charge in [0.15, 0.2) is 5.69 Å². The van der Waals surface area contributed by atoms with Crippen molar-refractivity contribution in [1.82, 2.24) is 24.6 Å². The molecule has 0 unspecified atom stereocenters. The Morgan fingerprint density at radius 2 is 2.33 bits per heavy atom. The minimum Gasteiger partial charge on any atom is -0.347 e. The van der Waals surface area contributed by atoms with Crippen LogP contribution in [0.5, 0.6) is 0 Å². The van der Waals surface area contributed by atoms with Gasteiger partial charge in [-0.3, -0.25) is 9.48 Å². The molecule has 1 N–H and O–H groups in total. The summed E-state index contributed by atoms with van der Waals surface area (Å²) in [4.78, 5) is 21.4. The molecular formula is C12H15N5O. The quantitative estimate of drug-likeness (QED) is 0.802. The molecule has 6 nitrogen and oxygen atoms in total. The fourth-order valence-electron chi connectivity index (χ4n) is 2.21. The third kappa shape index (κ3) is 1.70. The van der Waals surface area contributed by atoms with Crippen molar-refractivity contribution in [2.75, 3.05) is 6.54 Å². The van der Waals surface area contributed by atoms with Gasteiger partial charge in [0, 0.05) is 25.7 Å². The topological polar surface area (TPSA) is 66.8 Å². The lowest BCUT2D eigenvalue weighted by molar-refractivity contribution is 0.0725. The number of nitrogens with zero attached hydrogens (tertiary/aromatic N) is 4. The molecule has 0 aromatic carbocycles. The van der Waals surface area contributed by atoms with Crippen molar-refractivity contribution in [3.63, 3.8) is 0 Å². The molecule has 0 aliphatic carbocycles. The average molecular weight is 245 g/mol. The van der Waals surface area contributed by atoms with Crippen molar-refractivity contribution in [3.8, 4) is 0 Å². The summed E-state index contributed by atoms with van der Waals surface area (Å²) >= 11 is 0. The largest absolute Gasteiger partial charge is 0.347 e. The first-order valence-corrected chi connectivity index (χ1v) is 5.96. The van der Waals surface area contributed by atoms with Crippen molar-refractivity contribution >= 4 is 5.91 Å². The normalized spacial score (nSPS) is 14.7. The van der Waals surface area contributed by atoms with Gasteiger partial charge in [-0.1, -0.05) is 0 Å². The molecule has 6 heteroatoms. The van der Waals surface area contributed by atoms with Crippen LogP contribution in [0.3, 0.4) is 0 Å². The molecule has 0 radical (unpaired) electrons. The zero-order valence-electron chi connectivity index (χ0n) is 10.5. The standard InChI is InChI=1S/C12H15N5O/c1-8-5-10(15-16(8)2)12(18)17-4-3-9-11(6-17)14-7-13-9/h5,7H,3-4,6H2,1-2H3,(H,13,14). The number of carbonyl (C=O) groups is 1. The molecule has 1 aliphatic rings. The van der Waals surface area contributed by atoms with Gasteiger partial charge >= 0.3 is 0 Å². The number of amides is 1. The second-order valence-corrected chi connectivity index (χ2v) is 4.60. The average Bonchev–Trinajstić information content (AvgIpc) is 2.95. The van der Waals surface area contributed by atoms with E-state index in [1.165, 1.54) is 0 Å². The lowest BCUT2D eigenvalue weighted by Crippen LogP contribution is -2.36. The number of hydrogen-bond donors (Lipinski definition) is 1. The number of hydrogen-bond acceptors (Lipinski definition) is 3. The maximum absolute atomic E-state index is 12.3. The number of aryl methyl sites for hydroxylation is 2. The van der Waals surface area contributed by atoms with Crippen molar-refractivity contribution < 1.29 is 4.79 Å². The smallest absolute Gasteiger partial charge is 0.274 e. The first-order chi connectivity index (χ1) is 8.65. The lowest BCUT2D eigenvalue weighted by Gasteiger charge is -2.25. The summed E-state index contributed by atoms with van der Waals surface area (Å²) in [5.41, 5.74) is 3.59. The van der Waals surface area contributed by atoms with Crippen molar-refractivity contribution in [3.05, 3.63) is 35.2 Å². The van der Waals surface area contributed by atoms with Gasteiger partial charge < -0.3 is 9.88 Å². The molecule has 0 fully saturated rings. The highest BCUT2D eigenvalue weighted by Gasteiger charge is 2.24. The number of H-pyrrole nitrogens is 1. The van der Waals surface area contributed by atoms with Crippen molar-refractivity contribution in [1.29, 1.82) is 0 Å². The van der Waals surface area contributed by atoms with Crippen LogP contribution in [0.25, 0.3) is 0 Å². The van der Waals surface area contributed by atoms with Crippen LogP contribution in [0.2, 0.25) is 0 Å². The van der Waals surface area contributed by atoms with E-state index < -0.39 is 0 Å². The summed E-state index contributed by atoms with van der Waals surface area (Å²) in [5.74, 6) is -0.0149. The predicted molar refractivity (Wildman–Crippen MR) is 65.0 cm³/mol. The summed E-state index contributed by atoms with van der Waals surface area (Å²) in [6.45, 7) is 3.23. The maximum atomic E-state index is 12.3. The molecule has 2 aromatic rings. The minimum absolute atomic E-state index is 0.0149. The summed E-state index contributed by atoms with van der Waals surface area (Å²) in [6, 6.07) is 1.82. The molecule has 1 amide bonds. The fraction of sp³-hybridized carbons (Fsp3) is 0.417. The van der Waals surface area contributed by atoms with Gasteiger partial charge in [0.2, 0.25) is 0 Å². The minimum atomic E-state index is -0.0149. The van der Waals surface area contributed by atoms with E-state index in [-0.39, 0.29) is 5.91 Å². The van der Waals surface area contributed by atoms with Crippen LogP contribution in [-0.2, 0) is 20.0 Å². The van der Waals surface area contributed by atoms with Crippen molar-refractivity contribution in [2.45, 2.75) is 19.9 Å². The number of carbonyl (C=O) groups excluding carboxylic acids is 1. The third-order valence-electron chi connectivity index (χ3n) is 3.40. The predicted octanol–water partition coefficient (Wildman–Crippen LogP) is 0.650. The van der Waals surface area contributed by atoms with Gasteiger partial charge in [0.05, 0.1) is 24.3 Å². The molecule has 1 aliphatic heterocycles. The maximum Gasteiger partial charge on any atom is 0.274 e. The zero-order valence-corrected chi connectivity index (χ0v) is 10.5. The molecule has 18 heavy (non-hydrogen) atoms. The molecular weight excluding hydrogens is 230 g/mol. The zero-order chi connectivity index (χ0) is 12.7. The SMILES string of the molecule is Cc1cc(C(=O)N2CCc3nc[nH]c3C2)nn1C. The summed E-state index contributed by atoms with van der Waals surface area (Å²) < 4.78 is 1.72. The number of nitrogens with one attached hydrogen (secondary N) is 1. The van der Waals surface area contributed by atoms with E-state index in [0.717, 1.165) is 23.5 Å². The molecule has 0 spiro atoms. The third-order valence-corrected chi connectivity index (χ3v) is 3.40. The Balaban J connectivity index is 1.82. The van der Waals surface area contributed by atoms with E-state index in [0.29, 0.717) is 18.8 Å². The second-order valence-electron chi connectivity index (χ2n) is 4.60. The Kier molecular flexibility index (Phi) is 2.43. The van der Waals surface area contributed by atoms with E-state index >= 15 is 0 Å². The summed E-state index contributed by atoms with van der Waals surface area (Å²) in [7, 11) is 1.84. The fourth-order valence-corrected chi connectivity index (χ4v) is 2.21. The first kappa shape index (κ1) is 11.0. The Morgan fingerprint density at radius 1 is 1.50 bits per heavy atom. The first-order valence-electron chi connectivity index (χ1n) is 5.96. The van der Waals surface area contributed by atoms with Crippen LogP contribution >= 0.6 is 0 Å². The number of fused-ring (bicyclic) bond motifs is 1. The van der Waals surface area contributed by atoms with Crippen LogP contribution in [-0.4, -0.2) is 37.1 Å². The molecule has 94 valence electrons. The number of rotatable bonds is 1. The molecule has 0 atom stereocenters. The van der Waals surface area contributed by atoms with E-state index in [4.69, 9.17) is 0 Å². The number of aromatic amines is 1. The van der Waals surface area contributed by atoms with Gasteiger partial charge in [-0.25, -0.2) is 4.98 Å². The molecule has 2 aromatic heterocycles. The van der Waals surface area contributed by atoms with Crippen LogP contribution in [0.4, 0.5) is 0 Å². The Morgan fingerprint density at radius 3 is 3.06 bits per heavy atom. The molecule has 0 bridgehead atoms. The van der Waals surface area contributed by atoms with Crippen molar-refractivity contribution in [2.24, 2.45) is 7.05 Å². The summed E-state index contributed by atoms with van der Waals surface area (Å²) in [6.07, 6.45) is 2.49. The molecule has 3 rings (SSSR count). The second kappa shape index (κ2) is 3.97. The highest BCUT2D eigenvalue weighted by molar-refractivity contribution is 5.92. The van der Waals surface area contributed by atoms with Crippen LogP contribution in [0, 0.1) is 6.92 Å². The monoisotopic (exact) mass is 245 g/mol. The molecule has 3 heterocycles. The highest BCUT2D eigenvalue weighted by atomic mass is 16.2. The van der Waals surface area contributed by atoms with Gasteiger partial charge in [-0.15, -0.1) is 0 Å². The molecule has 0 saturated carbocycles. The van der Waals surface area contributed by atoms with E-state index in [2.05, 4.69) is 15.1 Å². The van der Waals surface area contributed by atoms with Gasteiger partial charge in [-0.2, -0.15) is 5.10 Å². The van der Waals surface area contributed by atoms with Gasteiger partial charge in [0.1, 0.15) is 0 Å². The summed E-state index contributed by atoms with van der Waals surface area (Å²) in [5, 5.41) is 4.23. The van der Waals surface area contributed by atoms with Crippen LogP contribution in [0.15, 0.2) is 12.4 Å². The van der Waals surface area contributed by atoms with Gasteiger partial charge in [0.25, 0.3) is 5.91 Å². The van der Waals surface area contributed by atoms with E-state index in [9.17, 15) is 4.79 Å². The Hall–Kier alpha value is -2.11. The number of imidazole rings is 1. The van der Waals surface area contributed by atoms with Crippen LogP contribution in [0.1, 0.15) is 27.6 Å². The molecule has 0 saturated heterocycles. The Labute approximate surface area is 105 Å². The van der Waals surface area contributed by atoms with E-state index in [1.54, 1.807) is 11.0 Å². The van der Waals surface area contributed by atoms with Crippen LogP contribution < -0.4 is 0 Å². The van der Waals surface area contributed by atoms with E-state index in [1.807, 2.05) is 24.9 Å². The highest BCUT2D eigenvalue weighted by Crippen LogP contribution is 2.17. The van der Waals surface area contributed by atoms with Gasteiger partial charge in [-0.05, 0) is 13.0 Å². The lowest BCUT2D eigenvalue weighted by atomic mass is 10.1. The Bertz CT molecular complexity index is 578.